The van der Waals surface area contributed by atoms with Crippen molar-refractivity contribution in [2.24, 2.45) is 0 Å². The zero-order valence-corrected chi connectivity index (χ0v) is 18.2. The lowest BCUT2D eigenvalue weighted by molar-refractivity contribution is 0.257. The smallest absolute Gasteiger partial charge is 0.162 e. The van der Waals surface area contributed by atoms with Crippen LogP contribution < -0.4 is 15.4 Å². The minimum absolute atomic E-state index is 0.145. The first-order valence-corrected chi connectivity index (χ1v) is 10.7. The maximum absolute atomic E-state index is 10.7. The molecule has 0 fully saturated rings. The molecule has 0 bridgehead atoms. The van der Waals surface area contributed by atoms with Crippen molar-refractivity contribution >= 4 is 17.3 Å². The molecule has 2 unspecified atom stereocenters. The van der Waals surface area contributed by atoms with Crippen molar-refractivity contribution in [3.8, 4) is 11.5 Å². The molecule has 2 aromatic rings. The molecule has 156 valence electrons. The molecule has 1 aliphatic rings. The summed E-state index contributed by atoms with van der Waals surface area (Å²) in [6.07, 6.45) is 7.91. The Hall–Kier alpha value is -2.17. The number of benzene rings is 2. The van der Waals surface area contributed by atoms with Gasteiger partial charge in [0.05, 0.1) is 18.8 Å². The van der Waals surface area contributed by atoms with Crippen molar-refractivity contribution in [3.63, 3.8) is 0 Å². The Bertz CT molecular complexity index is 850. The number of rotatable bonds is 8. The number of halogens is 1. The molecule has 0 amide bonds. The lowest BCUT2D eigenvalue weighted by Crippen LogP contribution is -2.57. The molecule has 2 aromatic carbocycles. The Balaban J connectivity index is 1.95. The van der Waals surface area contributed by atoms with Crippen LogP contribution in [-0.4, -0.2) is 17.9 Å². The van der Waals surface area contributed by atoms with Crippen molar-refractivity contribution < 1.29 is 9.84 Å². The van der Waals surface area contributed by atoms with E-state index in [1.54, 1.807) is 13.2 Å². The van der Waals surface area contributed by atoms with Gasteiger partial charge >= 0.3 is 0 Å². The van der Waals surface area contributed by atoms with Crippen LogP contribution in [0, 0.1) is 0 Å². The van der Waals surface area contributed by atoms with Gasteiger partial charge in [-0.2, -0.15) is 0 Å². The molecule has 0 aromatic heterocycles. The molecular weight excluding hydrogens is 384 g/mol. The number of methoxy groups -OCH3 is 1. The molecule has 3 N–H and O–H groups in total. The van der Waals surface area contributed by atoms with Gasteiger partial charge in [0.15, 0.2) is 11.5 Å². The van der Waals surface area contributed by atoms with Gasteiger partial charge in [0, 0.05) is 16.3 Å². The van der Waals surface area contributed by atoms with Gasteiger partial charge in [0.2, 0.25) is 0 Å². The monoisotopic (exact) mass is 414 g/mol. The lowest BCUT2D eigenvalue weighted by atomic mass is 9.93. The van der Waals surface area contributed by atoms with Gasteiger partial charge in [0.25, 0.3) is 0 Å². The summed E-state index contributed by atoms with van der Waals surface area (Å²) in [6.45, 7) is 4.41. The number of ether oxygens (including phenoxy) is 1. The first-order valence-electron chi connectivity index (χ1n) is 10.4. The molecule has 5 heteroatoms. The number of phenols is 1. The molecule has 3 rings (SSSR count). The summed E-state index contributed by atoms with van der Waals surface area (Å²) in [6, 6.07) is 13.3. The van der Waals surface area contributed by atoms with Crippen LogP contribution in [0.3, 0.4) is 0 Å². The summed E-state index contributed by atoms with van der Waals surface area (Å²) in [4.78, 5) is 0. The number of nitrogens with one attached hydrogen (secondary N) is 2. The summed E-state index contributed by atoms with van der Waals surface area (Å²) in [7, 11) is 1.57. The minimum Gasteiger partial charge on any atom is -0.504 e. The highest BCUT2D eigenvalue weighted by molar-refractivity contribution is 6.30. The minimum atomic E-state index is -0.294. The Labute approximate surface area is 178 Å². The maximum atomic E-state index is 10.7. The largest absolute Gasteiger partial charge is 0.504 e. The van der Waals surface area contributed by atoms with Crippen molar-refractivity contribution in [2.45, 2.75) is 57.7 Å². The summed E-state index contributed by atoms with van der Waals surface area (Å²) in [5.74, 6) is 0.656. The Kier molecular flexibility index (Phi) is 7.09. The van der Waals surface area contributed by atoms with E-state index in [9.17, 15) is 5.11 Å². The van der Waals surface area contributed by atoms with Crippen molar-refractivity contribution in [1.82, 2.24) is 10.6 Å². The number of aromatic hydroxyl groups is 1. The van der Waals surface area contributed by atoms with Gasteiger partial charge in [-0.25, -0.2) is 0 Å². The van der Waals surface area contributed by atoms with Crippen LogP contribution in [0.1, 0.15) is 63.1 Å². The summed E-state index contributed by atoms with van der Waals surface area (Å²) in [5, 5.41) is 18.8. The topological polar surface area (TPSA) is 53.5 Å². The molecule has 29 heavy (non-hydrogen) atoms. The average Bonchev–Trinajstić information content (AvgIpc) is 2.71. The molecule has 2 atom stereocenters. The second-order valence-corrected chi connectivity index (χ2v) is 8.31. The average molecular weight is 415 g/mol. The van der Waals surface area contributed by atoms with Crippen LogP contribution in [0.15, 0.2) is 48.5 Å². The van der Waals surface area contributed by atoms with Crippen molar-refractivity contribution in [3.05, 3.63) is 64.7 Å². The highest BCUT2D eigenvalue weighted by atomic mass is 35.5. The van der Waals surface area contributed by atoms with E-state index in [0.29, 0.717) is 10.8 Å². The zero-order chi connectivity index (χ0) is 20.9. The zero-order valence-electron chi connectivity index (χ0n) is 17.5. The van der Waals surface area contributed by atoms with E-state index in [1.165, 1.54) is 19.3 Å². The maximum Gasteiger partial charge on any atom is 0.162 e. The molecule has 0 spiro atoms. The highest BCUT2D eigenvalue weighted by Crippen LogP contribution is 2.38. The molecule has 0 saturated heterocycles. The van der Waals surface area contributed by atoms with Crippen LogP contribution in [0.25, 0.3) is 5.70 Å². The van der Waals surface area contributed by atoms with Crippen LogP contribution in [0.2, 0.25) is 5.02 Å². The molecule has 4 nitrogen and oxygen atoms in total. The Morgan fingerprint density at radius 3 is 2.55 bits per heavy atom. The fourth-order valence-corrected chi connectivity index (χ4v) is 4.01. The molecule has 1 heterocycles. The second-order valence-electron chi connectivity index (χ2n) is 7.88. The number of unbranched alkanes of at least 4 members (excludes halogenated alkanes) is 3. The molecule has 1 aliphatic heterocycles. The first-order chi connectivity index (χ1) is 14.0. The SMILES string of the molecule is CCCCCCC1(C)NC(c2ccc(Cl)cc2)=CC(c2cccc(OC)c2O)N1. The van der Waals surface area contributed by atoms with Gasteiger partial charge in [-0.3, -0.25) is 5.32 Å². The lowest BCUT2D eigenvalue weighted by Gasteiger charge is -2.41. The summed E-state index contributed by atoms with van der Waals surface area (Å²) < 4.78 is 5.32. The molecule has 0 radical (unpaired) electrons. The molecule has 0 saturated carbocycles. The molecular formula is C24H31ClN2O2. The van der Waals surface area contributed by atoms with Crippen molar-refractivity contribution in [1.29, 1.82) is 0 Å². The summed E-state index contributed by atoms with van der Waals surface area (Å²) >= 11 is 6.08. The van der Waals surface area contributed by atoms with Gasteiger partial charge in [-0.15, -0.1) is 0 Å². The third-order valence-electron chi connectivity index (χ3n) is 5.49. The number of hydrogen-bond donors (Lipinski definition) is 3. The van der Waals surface area contributed by atoms with E-state index in [0.717, 1.165) is 29.7 Å². The van der Waals surface area contributed by atoms with Gasteiger partial charge < -0.3 is 15.2 Å². The quantitative estimate of drug-likeness (QED) is 0.462. The predicted octanol–water partition coefficient (Wildman–Crippen LogP) is 6.02. The Morgan fingerprint density at radius 1 is 1.10 bits per heavy atom. The van der Waals surface area contributed by atoms with Gasteiger partial charge in [-0.05, 0) is 49.6 Å². The van der Waals surface area contributed by atoms with Crippen LogP contribution in [-0.2, 0) is 0 Å². The standard InChI is InChI=1S/C24H31ClN2O2/c1-4-5-6-7-15-24(2)26-20(17-11-13-18(25)14-12-17)16-21(27-24)19-9-8-10-22(29-3)23(19)28/h8-14,16,21,26-28H,4-7,15H2,1-3H3. The third kappa shape index (κ3) is 5.26. The van der Waals surface area contributed by atoms with Crippen LogP contribution in [0.4, 0.5) is 0 Å². The number of hydrogen-bond acceptors (Lipinski definition) is 4. The van der Waals surface area contributed by atoms with E-state index >= 15 is 0 Å². The first kappa shape index (κ1) is 21.5. The second kappa shape index (κ2) is 9.55. The number of para-hydroxylation sites is 1. The Morgan fingerprint density at radius 2 is 1.86 bits per heavy atom. The number of phenolic OH excluding ortho intramolecular Hbond substituents is 1. The fourth-order valence-electron chi connectivity index (χ4n) is 3.89. The van der Waals surface area contributed by atoms with E-state index in [-0.39, 0.29) is 17.5 Å². The van der Waals surface area contributed by atoms with Gasteiger partial charge in [0.1, 0.15) is 0 Å². The highest BCUT2D eigenvalue weighted by Gasteiger charge is 2.33. The fraction of sp³-hybridized carbons (Fsp3) is 0.417. The van der Waals surface area contributed by atoms with E-state index in [4.69, 9.17) is 16.3 Å². The van der Waals surface area contributed by atoms with E-state index < -0.39 is 0 Å². The van der Waals surface area contributed by atoms with E-state index in [1.807, 2.05) is 36.4 Å². The normalized spacial score (nSPS) is 21.4. The predicted molar refractivity (Wildman–Crippen MR) is 120 cm³/mol. The third-order valence-corrected chi connectivity index (χ3v) is 5.74. The van der Waals surface area contributed by atoms with Crippen LogP contribution >= 0.6 is 11.6 Å². The van der Waals surface area contributed by atoms with Crippen molar-refractivity contribution in [2.75, 3.05) is 7.11 Å². The molecule has 0 aliphatic carbocycles. The van der Waals surface area contributed by atoms with Gasteiger partial charge in [-0.1, -0.05) is 62.1 Å². The summed E-state index contributed by atoms with van der Waals surface area (Å²) in [5.41, 5.74) is 2.61. The van der Waals surface area contributed by atoms with Crippen LogP contribution in [0.5, 0.6) is 11.5 Å². The van der Waals surface area contributed by atoms with E-state index in [2.05, 4.69) is 30.6 Å².